The Bertz CT molecular complexity index is 366. The molecule has 1 heterocycles. The van der Waals surface area contributed by atoms with Gasteiger partial charge in [0.2, 0.25) is 5.91 Å². The van der Waals surface area contributed by atoms with E-state index in [2.05, 4.69) is 20.6 Å². The van der Waals surface area contributed by atoms with Crippen molar-refractivity contribution in [2.24, 2.45) is 0 Å². The molecule has 1 aromatic rings. The van der Waals surface area contributed by atoms with Gasteiger partial charge in [0.25, 0.3) is 0 Å². The molecule has 1 amide bonds. The number of hydrogen-bond acceptors (Lipinski definition) is 5. The molecular weight excluding hydrogens is 206 g/mol. The molecule has 88 valence electrons. The average molecular weight is 223 g/mol. The third kappa shape index (κ3) is 3.08. The first-order valence-corrected chi connectivity index (χ1v) is 5.22. The van der Waals surface area contributed by atoms with Crippen LogP contribution in [0.4, 0.5) is 11.6 Å². The van der Waals surface area contributed by atoms with Crippen molar-refractivity contribution in [3.05, 3.63) is 11.9 Å². The van der Waals surface area contributed by atoms with Crippen LogP contribution in [0.25, 0.3) is 0 Å². The Hall–Kier alpha value is -1.85. The van der Waals surface area contributed by atoms with Gasteiger partial charge in [0.15, 0.2) is 0 Å². The van der Waals surface area contributed by atoms with Crippen LogP contribution in [0.2, 0.25) is 0 Å². The van der Waals surface area contributed by atoms with Gasteiger partial charge in [0.1, 0.15) is 18.0 Å². The lowest BCUT2D eigenvalue weighted by atomic mass is 10.2. The van der Waals surface area contributed by atoms with Gasteiger partial charge in [0, 0.05) is 25.6 Å². The van der Waals surface area contributed by atoms with Crippen LogP contribution < -0.4 is 16.4 Å². The van der Waals surface area contributed by atoms with Crippen molar-refractivity contribution >= 4 is 17.5 Å². The van der Waals surface area contributed by atoms with E-state index in [1.54, 1.807) is 7.05 Å². The van der Waals surface area contributed by atoms with Crippen LogP contribution in [0.3, 0.4) is 0 Å². The number of nitrogens with zero attached hydrogens (tertiary/aromatic N) is 2. The van der Waals surface area contributed by atoms with Crippen LogP contribution >= 0.6 is 0 Å². The van der Waals surface area contributed by atoms with E-state index < -0.39 is 0 Å². The number of rotatable bonds is 5. The summed E-state index contributed by atoms with van der Waals surface area (Å²) in [6.07, 6.45) is 2.58. The third-order valence-electron chi connectivity index (χ3n) is 2.26. The zero-order valence-electron chi connectivity index (χ0n) is 9.58. The number of aromatic nitrogens is 2. The van der Waals surface area contributed by atoms with Crippen molar-refractivity contribution < 1.29 is 4.79 Å². The molecule has 6 nitrogen and oxygen atoms in total. The molecule has 4 N–H and O–H groups in total. The van der Waals surface area contributed by atoms with E-state index in [1.165, 1.54) is 6.33 Å². The minimum absolute atomic E-state index is 0.00687. The van der Waals surface area contributed by atoms with Gasteiger partial charge in [-0.15, -0.1) is 0 Å². The first-order chi connectivity index (χ1) is 7.69. The summed E-state index contributed by atoms with van der Waals surface area (Å²) in [5.74, 6) is 1.19. The quantitative estimate of drug-likeness (QED) is 0.661. The third-order valence-corrected chi connectivity index (χ3v) is 2.26. The maximum Gasteiger partial charge on any atom is 0.221 e. The Labute approximate surface area is 94.7 Å². The molecule has 0 saturated heterocycles. The fraction of sp³-hybridized carbons (Fsp3) is 0.500. The minimum Gasteiger partial charge on any atom is -0.383 e. The zero-order chi connectivity index (χ0) is 12.0. The van der Waals surface area contributed by atoms with Crippen molar-refractivity contribution in [3.8, 4) is 0 Å². The molecule has 0 aliphatic heterocycles. The first kappa shape index (κ1) is 12.2. The lowest BCUT2D eigenvalue weighted by Crippen LogP contribution is -2.21. The van der Waals surface area contributed by atoms with Gasteiger partial charge < -0.3 is 16.4 Å². The second-order valence-corrected chi connectivity index (χ2v) is 3.29. The second-order valence-electron chi connectivity index (χ2n) is 3.29. The van der Waals surface area contributed by atoms with Crippen molar-refractivity contribution in [2.45, 2.75) is 19.8 Å². The van der Waals surface area contributed by atoms with Crippen molar-refractivity contribution in [1.82, 2.24) is 15.3 Å². The predicted molar refractivity (Wildman–Crippen MR) is 63.0 cm³/mol. The Morgan fingerprint density at radius 2 is 2.25 bits per heavy atom. The fourth-order valence-electron chi connectivity index (χ4n) is 1.35. The maximum absolute atomic E-state index is 11.0. The maximum atomic E-state index is 11.0. The molecule has 16 heavy (non-hydrogen) atoms. The molecule has 0 aromatic carbocycles. The zero-order valence-corrected chi connectivity index (χ0v) is 9.58. The summed E-state index contributed by atoms with van der Waals surface area (Å²) in [4.78, 5) is 19.0. The highest BCUT2D eigenvalue weighted by Crippen LogP contribution is 2.17. The summed E-state index contributed by atoms with van der Waals surface area (Å²) < 4.78 is 0. The lowest BCUT2D eigenvalue weighted by molar-refractivity contribution is -0.120. The molecule has 0 saturated carbocycles. The van der Waals surface area contributed by atoms with Gasteiger partial charge in [0.05, 0.1) is 0 Å². The van der Waals surface area contributed by atoms with Gasteiger partial charge >= 0.3 is 0 Å². The molecule has 0 atom stereocenters. The molecule has 0 bridgehead atoms. The van der Waals surface area contributed by atoms with E-state index in [0.717, 1.165) is 12.0 Å². The van der Waals surface area contributed by atoms with Crippen LogP contribution in [0.15, 0.2) is 6.33 Å². The van der Waals surface area contributed by atoms with Crippen molar-refractivity contribution in [1.29, 1.82) is 0 Å². The molecule has 0 spiro atoms. The molecule has 0 aliphatic carbocycles. The fourth-order valence-corrected chi connectivity index (χ4v) is 1.35. The van der Waals surface area contributed by atoms with Crippen LogP contribution in [-0.2, 0) is 11.2 Å². The monoisotopic (exact) mass is 223 g/mol. The van der Waals surface area contributed by atoms with E-state index in [9.17, 15) is 4.79 Å². The number of nitrogen functional groups attached to an aromatic ring is 1. The molecule has 0 unspecified atom stereocenters. The molecule has 1 aromatic heterocycles. The van der Waals surface area contributed by atoms with E-state index in [0.29, 0.717) is 24.6 Å². The lowest BCUT2D eigenvalue weighted by Gasteiger charge is -2.10. The molecule has 6 heteroatoms. The van der Waals surface area contributed by atoms with Gasteiger partial charge in [-0.1, -0.05) is 6.92 Å². The van der Waals surface area contributed by atoms with Gasteiger partial charge in [-0.25, -0.2) is 9.97 Å². The summed E-state index contributed by atoms with van der Waals surface area (Å²) in [6.45, 7) is 2.52. The number of nitrogens with two attached hydrogens (primary N) is 1. The number of nitrogens with one attached hydrogen (secondary N) is 2. The Morgan fingerprint density at radius 3 is 2.88 bits per heavy atom. The van der Waals surface area contributed by atoms with Crippen LogP contribution in [-0.4, -0.2) is 29.5 Å². The Kier molecular flexibility index (Phi) is 4.50. The van der Waals surface area contributed by atoms with Crippen LogP contribution in [0.5, 0.6) is 0 Å². The van der Waals surface area contributed by atoms with Crippen molar-refractivity contribution in [2.75, 3.05) is 24.6 Å². The molecule has 0 fully saturated rings. The predicted octanol–water partition coefficient (Wildman–Crippen LogP) is 0.169. The number of carbonyl (C=O) groups is 1. The summed E-state index contributed by atoms with van der Waals surface area (Å²) in [6, 6.07) is 0. The normalized spacial score (nSPS) is 9.88. The molecular formula is C10H17N5O. The summed E-state index contributed by atoms with van der Waals surface area (Å²) in [7, 11) is 1.61. The van der Waals surface area contributed by atoms with Crippen LogP contribution in [0.1, 0.15) is 18.9 Å². The van der Waals surface area contributed by atoms with E-state index in [1.807, 2.05) is 6.92 Å². The standard InChI is InChI=1S/C10H17N5O/c1-3-7-9(11)14-6-15-10(7)13-5-4-8(16)12-2/h6H,3-5H2,1-2H3,(H,12,16)(H3,11,13,14,15). The SMILES string of the molecule is CCc1c(N)ncnc1NCCC(=O)NC. The van der Waals surface area contributed by atoms with Gasteiger partial charge in [-0.2, -0.15) is 0 Å². The van der Waals surface area contributed by atoms with Crippen LogP contribution in [0, 0.1) is 0 Å². The van der Waals surface area contributed by atoms with E-state index in [-0.39, 0.29) is 5.91 Å². The number of amides is 1. The second kappa shape index (κ2) is 5.89. The smallest absolute Gasteiger partial charge is 0.221 e. The molecule has 0 radical (unpaired) electrons. The van der Waals surface area contributed by atoms with Gasteiger partial charge in [-0.05, 0) is 6.42 Å². The minimum atomic E-state index is -0.00687. The molecule has 0 aliphatic rings. The highest BCUT2D eigenvalue weighted by atomic mass is 16.1. The van der Waals surface area contributed by atoms with Gasteiger partial charge in [-0.3, -0.25) is 4.79 Å². The topological polar surface area (TPSA) is 92.9 Å². The number of anilines is 2. The van der Waals surface area contributed by atoms with E-state index in [4.69, 9.17) is 5.73 Å². The number of carbonyl (C=O) groups excluding carboxylic acids is 1. The number of hydrogen-bond donors (Lipinski definition) is 3. The highest BCUT2D eigenvalue weighted by molar-refractivity contribution is 5.76. The summed E-state index contributed by atoms with van der Waals surface area (Å²) in [5, 5.41) is 5.63. The largest absolute Gasteiger partial charge is 0.383 e. The first-order valence-electron chi connectivity index (χ1n) is 5.22. The Morgan fingerprint density at radius 1 is 1.50 bits per heavy atom. The average Bonchev–Trinajstić information content (AvgIpc) is 2.29. The summed E-state index contributed by atoms with van der Waals surface area (Å²) >= 11 is 0. The highest BCUT2D eigenvalue weighted by Gasteiger charge is 2.06. The summed E-state index contributed by atoms with van der Waals surface area (Å²) in [5.41, 5.74) is 6.61. The Balaban J connectivity index is 2.60. The molecule has 1 rings (SSSR count). The van der Waals surface area contributed by atoms with E-state index >= 15 is 0 Å². The van der Waals surface area contributed by atoms with Crippen molar-refractivity contribution in [3.63, 3.8) is 0 Å².